The highest BCUT2D eigenvalue weighted by molar-refractivity contribution is 5.20. The van der Waals surface area contributed by atoms with E-state index in [9.17, 15) is 0 Å². The first-order valence-corrected chi connectivity index (χ1v) is 6.41. The third-order valence-electron chi connectivity index (χ3n) is 3.50. The fourth-order valence-electron chi connectivity index (χ4n) is 2.93. The van der Waals surface area contributed by atoms with E-state index in [0.717, 1.165) is 12.8 Å². The Morgan fingerprint density at radius 3 is 2.69 bits per heavy atom. The summed E-state index contributed by atoms with van der Waals surface area (Å²) < 4.78 is 2.41. The van der Waals surface area contributed by atoms with Crippen molar-refractivity contribution in [2.24, 2.45) is 5.73 Å². The fraction of sp³-hybridized carbons (Fsp3) is 0.769. The maximum Gasteiger partial charge on any atom is 0.106 e. The van der Waals surface area contributed by atoms with Crippen molar-refractivity contribution in [3.8, 4) is 0 Å². The van der Waals surface area contributed by atoms with Gasteiger partial charge in [-0.3, -0.25) is 0 Å². The van der Waals surface area contributed by atoms with Crippen LogP contribution in [0.4, 0.5) is 0 Å². The SMILES string of the molecule is Cc1nc2c(n1C(C)CC(C)N)CCCC2. The number of nitrogens with zero attached hydrogens (tertiary/aromatic N) is 2. The predicted octanol–water partition coefficient (Wildman–Crippen LogP) is 2.37. The molecule has 0 bridgehead atoms. The quantitative estimate of drug-likeness (QED) is 0.851. The second-order valence-corrected chi connectivity index (χ2v) is 5.19. The topological polar surface area (TPSA) is 43.8 Å². The molecule has 0 aromatic carbocycles. The summed E-state index contributed by atoms with van der Waals surface area (Å²) in [7, 11) is 0. The maximum atomic E-state index is 5.89. The molecule has 0 saturated carbocycles. The molecule has 0 fully saturated rings. The largest absolute Gasteiger partial charge is 0.329 e. The van der Waals surface area contributed by atoms with Crippen molar-refractivity contribution in [1.82, 2.24) is 9.55 Å². The molecule has 1 aliphatic carbocycles. The monoisotopic (exact) mass is 221 g/mol. The van der Waals surface area contributed by atoms with Crippen LogP contribution < -0.4 is 5.73 Å². The normalized spacial score (nSPS) is 19.2. The second kappa shape index (κ2) is 4.58. The van der Waals surface area contributed by atoms with Crippen molar-refractivity contribution in [3.63, 3.8) is 0 Å². The van der Waals surface area contributed by atoms with Crippen molar-refractivity contribution in [1.29, 1.82) is 0 Å². The standard InChI is InChI=1S/C13H23N3/c1-9(14)8-10(2)16-11(3)15-12-6-4-5-7-13(12)16/h9-10H,4-8,14H2,1-3H3. The highest BCUT2D eigenvalue weighted by Crippen LogP contribution is 2.26. The van der Waals surface area contributed by atoms with Gasteiger partial charge in [0.1, 0.15) is 5.82 Å². The van der Waals surface area contributed by atoms with Crippen LogP contribution in [-0.2, 0) is 12.8 Å². The molecule has 0 radical (unpaired) electrons. The number of aryl methyl sites for hydroxylation is 2. The number of nitrogens with two attached hydrogens (primary N) is 1. The van der Waals surface area contributed by atoms with E-state index in [1.165, 1.54) is 36.5 Å². The molecular weight excluding hydrogens is 198 g/mol. The van der Waals surface area contributed by atoms with Crippen LogP contribution in [0.25, 0.3) is 0 Å². The van der Waals surface area contributed by atoms with Gasteiger partial charge in [0.15, 0.2) is 0 Å². The van der Waals surface area contributed by atoms with Gasteiger partial charge in [0, 0.05) is 17.8 Å². The Kier molecular flexibility index (Phi) is 3.33. The van der Waals surface area contributed by atoms with Crippen LogP contribution in [0.1, 0.15) is 56.4 Å². The highest BCUT2D eigenvalue weighted by Gasteiger charge is 2.21. The molecule has 0 saturated heterocycles. The number of aromatic nitrogens is 2. The average Bonchev–Trinajstić information content (AvgIpc) is 2.52. The van der Waals surface area contributed by atoms with Gasteiger partial charge in [-0.25, -0.2) is 4.98 Å². The summed E-state index contributed by atoms with van der Waals surface area (Å²) in [4.78, 5) is 4.70. The Balaban J connectivity index is 2.28. The summed E-state index contributed by atoms with van der Waals surface area (Å²) in [6, 6.07) is 0.741. The molecule has 2 atom stereocenters. The Bertz CT molecular complexity index is 365. The smallest absolute Gasteiger partial charge is 0.106 e. The number of hydrogen-bond acceptors (Lipinski definition) is 2. The van der Waals surface area contributed by atoms with E-state index >= 15 is 0 Å². The lowest BCUT2D eigenvalue weighted by atomic mass is 10.0. The van der Waals surface area contributed by atoms with E-state index in [4.69, 9.17) is 10.7 Å². The van der Waals surface area contributed by atoms with Crippen LogP contribution in [-0.4, -0.2) is 15.6 Å². The Morgan fingerprint density at radius 2 is 2.00 bits per heavy atom. The van der Waals surface area contributed by atoms with Crippen LogP contribution in [0, 0.1) is 6.92 Å². The highest BCUT2D eigenvalue weighted by atomic mass is 15.1. The molecule has 3 nitrogen and oxygen atoms in total. The van der Waals surface area contributed by atoms with E-state index < -0.39 is 0 Å². The molecular formula is C13H23N3. The van der Waals surface area contributed by atoms with Gasteiger partial charge in [0.05, 0.1) is 5.69 Å². The van der Waals surface area contributed by atoms with Gasteiger partial charge in [-0.05, 0) is 52.9 Å². The molecule has 1 aromatic heterocycles. The van der Waals surface area contributed by atoms with E-state index in [-0.39, 0.29) is 6.04 Å². The van der Waals surface area contributed by atoms with E-state index in [2.05, 4.69) is 25.3 Å². The molecule has 16 heavy (non-hydrogen) atoms. The van der Waals surface area contributed by atoms with Crippen molar-refractivity contribution in [2.45, 2.75) is 65.0 Å². The summed E-state index contributed by atoms with van der Waals surface area (Å²) in [5.41, 5.74) is 8.69. The molecule has 0 aliphatic heterocycles. The summed E-state index contributed by atoms with van der Waals surface area (Å²) in [5, 5.41) is 0. The van der Waals surface area contributed by atoms with Crippen molar-refractivity contribution < 1.29 is 0 Å². The number of fused-ring (bicyclic) bond motifs is 1. The first-order chi connectivity index (χ1) is 7.59. The third-order valence-corrected chi connectivity index (χ3v) is 3.50. The lowest BCUT2D eigenvalue weighted by molar-refractivity contribution is 0.440. The van der Waals surface area contributed by atoms with Crippen molar-refractivity contribution >= 4 is 0 Å². The summed E-state index contributed by atoms with van der Waals surface area (Å²) >= 11 is 0. The van der Waals surface area contributed by atoms with Crippen LogP contribution in [0.3, 0.4) is 0 Å². The zero-order valence-corrected chi connectivity index (χ0v) is 10.7. The van der Waals surface area contributed by atoms with Crippen LogP contribution >= 0.6 is 0 Å². The Labute approximate surface area is 98.1 Å². The first kappa shape index (κ1) is 11.6. The molecule has 0 amide bonds. The van der Waals surface area contributed by atoms with E-state index in [1.807, 2.05) is 0 Å². The fourth-order valence-corrected chi connectivity index (χ4v) is 2.93. The van der Waals surface area contributed by atoms with Gasteiger partial charge in [0.25, 0.3) is 0 Å². The van der Waals surface area contributed by atoms with E-state index in [0.29, 0.717) is 6.04 Å². The zero-order valence-electron chi connectivity index (χ0n) is 10.7. The number of rotatable bonds is 3. The third kappa shape index (κ3) is 2.14. The van der Waals surface area contributed by atoms with Gasteiger partial charge >= 0.3 is 0 Å². The summed E-state index contributed by atoms with van der Waals surface area (Å²) in [5.74, 6) is 1.17. The zero-order chi connectivity index (χ0) is 11.7. The lowest BCUT2D eigenvalue weighted by Gasteiger charge is -2.22. The number of imidazole rings is 1. The van der Waals surface area contributed by atoms with Crippen LogP contribution in [0.2, 0.25) is 0 Å². The maximum absolute atomic E-state index is 5.89. The Morgan fingerprint density at radius 1 is 1.31 bits per heavy atom. The molecule has 3 heteroatoms. The van der Waals surface area contributed by atoms with Gasteiger partial charge in [0.2, 0.25) is 0 Å². The van der Waals surface area contributed by atoms with Gasteiger partial charge in [-0.1, -0.05) is 0 Å². The molecule has 1 aromatic rings. The van der Waals surface area contributed by atoms with Crippen molar-refractivity contribution in [3.05, 3.63) is 17.2 Å². The van der Waals surface area contributed by atoms with Crippen LogP contribution in [0.5, 0.6) is 0 Å². The number of hydrogen-bond donors (Lipinski definition) is 1. The van der Waals surface area contributed by atoms with Crippen LogP contribution in [0.15, 0.2) is 0 Å². The molecule has 1 heterocycles. The van der Waals surface area contributed by atoms with Crippen molar-refractivity contribution in [2.75, 3.05) is 0 Å². The van der Waals surface area contributed by atoms with Gasteiger partial charge in [-0.15, -0.1) is 0 Å². The lowest BCUT2D eigenvalue weighted by Crippen LogP contribution is -2.22. The molecule has 1 aliphatic rings. The summed E-state index contributed by atoms with van der Waals surface area (Å²) in [6.45, 7) is 6.46. The average molecular weight is 221 g/mol. The van der Waals surface area contributed by atoms with Gasteiger partial charge < -0.3 is 10.3 Å². The molecule has 90 valence electrons. The minimum Gasteiger partial charge on any atom is -0.329 e. The van der Waals surface area contributed by atoms with Gasteiger partial charge in [-0.2, -0.15) is 0 Å². The second-order valence-electron chi connectivity index (χ2n) is 5.19. The minimum atomic E-state index is 0.260. The van der Waals surface area contributed by atoms with E-state index in [1.54, 1.807) is 0 Å². The minimum absolute atomic E-state index is 0.260. The predicted molar refractivity (Wildman–Crippen MR) is 66.6 cm³/mol. The molecule has 2 rings (SSSR count). The molecule has 2 unspecified atom stereocenters. The molecule has 0 spiro atoms. The summed E-state index contributed by atoms with van der Waals surface area (Å²) in [6.07, 6.45) is 5.99. The first-order valence-electron chi connectivity index (χ1n) is 6.41. The molecule has 2 N–H and O–H groups in total. The Hall–Kier alpha value is -0.830.